The van der Waals surface area contributed by atoms with Crippen LogP contribution in [0.3, 0.4) is 0 Å². The van der Waals surface area contributed by atoms with Crippen LogP contribution in [-0.2, 0) is 11.8 Å². The normalized spacial score (nSPS) is 19.0. The second-order valence-electron chi connectivity index (χ2n) is 7.65. The first-order valence-corrected chi connectivity index (χ1v) is 8.26. The van der Waals surface area contributed by atoms with E-state index in [4.69, 9.17) is 0 Å². The van der Waals surface area contributed by atoms with Crippen LogP contribution in [0, 0.1) is 11.8 Å². The van der Waals surface area contributed by atoms with E-state index in [-0.39, 0.29) is 5.41 Å². The van der Waals surface area contributed by atoms with Gasteiger partial charge in [0.15, 0.2) is 0 Å². The average Bonchev–Trinajstić information content (AvgIpc) is 2.39. The molecule has 1 unspecified atom stereocenters. The van der Waals surface area contributed by atoms with Crippen molar-refractivity contribution < 1.29 is 0 Å². The van der Waals surface area contributed by atoms with Crippen molar-refractivity contribution in [3.63, 3.8) is 0 Å². The molecule has 1 aromatic rings. The Morgan fingerprint density at radius 1 is 1.15 bits per heavy atom. The molecule has 1 atom stereocenters. The van der Waals surface area contributed by atoms with Crippen molar-refractivity contribution >= 4 is 0 Å². The summed E-state index contributed by atoms with van der Waals surface area (Å²) in [5, 5.41) is 3.47. The first kappa shape index (κ1) is 15.6. The van der Waals surface area contributed by atoms with Gasteiger partial charge in [0.1, 0.15) is 0 Å². The molecular formula is C19H31N. The molecule has 1 aliphatic heterocycles. The summed E-state index contributed by atoms with van der Waals surface area (Å²) in [6, 6.07) is 9.02. The van der Waals surface area contributed by atoms with E-state index in [1.807, 2.05) is 0 Å². The van der Waals surface area contributed by atoms with E-state index >= 15 is 0 Å². The van der Waals surface area contributed by atoms with Crippen molar-refractivity contribution in [3.8, 4) is 0 Å². The van der Waals surface area contributed by atoms with Crippen molar-refractivity contribution in [3.05, 3.63) is 35.4 Å². The van der Waals surface area contributed by atoms with Crippen LogP contribution in [0.25, 0.3) is 0 Å². The fourth-order valence-corrected chi connectivity index (χ4v) is 3.58. The topological polar surface area (TPSA) is 12.0 Å². The molecule has 0 spiro atoms. The Balaban J connectivity index is 1.98. The fourth-order valence-electron chi connectivity index (χ4n) is 3.58. The zero-order chi connectivity index (χ0) is 14.6. The monoisotopic (exact) mass is 273 g/mol. The second kappa shape index (κ2) is 6.76. The van der Waals surface area contributed by atoms with Crippen LogP contribution in [0.4, 0.5) is 0 Å². The first-order valence-electron chi connectivity index (χ1n) is 8.26. The molecule has 1 nitrogen and oxygen atoms in total. The molecule has 1 N–H and O–H groups in total. The van der Waals surface area contributed by atoms with E-state index in [0.717, 1.165) is 11.8 Å². The molecule has 0 bridgehead atoms. The smallest absolute Gasteiger partial charge is 0.00463 e. The molecule has 1 saturated heterocycles. The number of nitrogens with one attached hydrogen (secondary N) is 1. The largest absolute Gasteiger partial charge is 0.317 e. The Morgan fingerprint density at radius 3 is 2.45 bits per heavy atom. The molecule has 0 radical (unpaired) electrons. The fraction of sp³-hybridized carbons (Fsp3) is 0.684. The molecule has 112 valence electrons. The van der Waals surface area contributed by atoms with E-state index in [1.54, 1.807) is 5.56 Å². The van der Waals surface area contributed by atoms with Gasteiger partial charge in [0.05, 0.1) is 0 Å². The highest BCUT2D eigenvalue weighted by molar-refractivity contribution is 5.33. The lowest BCUT2D eigenvalue weighted by Gasteiger charge is -2.27. The van der Waals surface area contributed by atoms with Gasteiger partial charge in [-0.05, 0) is 67.2 Å². The van der Waals surface area contributed by atoms with Crippen LogP contribution in [-0.4, -0.2) is 13.1 Å². The molecule has 0 amide bonds. The van der Waals surface area contributed by atoms with Gasteiger partial charge in [-0.1, -0.05) is 52.0 Å². The van der Waals surface area contributed by atoms with Crippen molar-refractivity contribution in [1.82, 2.24) is 5.32 Å². The average molecular weight is 273 g/mol. The third kappa shape index (κ3) is 4.34. The Kier molecular flexibility index (Phi) is 5.26. The molecule has 0 aliphatic carbocycles. The number of hydrogen-bond donors (Lipinski definition) is 1. The lowest BCUT2D eigenvalue weighted by molar-refractivity contribution is 0.307. The van der Waals surface area contributed by atoms with Gasteiger partial charge >= 0.3 is 0 Å². The summed E-state index contributed by atoms with van der Waals surface area (Å²) in [4.78, 5) is 0. The first-order chi connectivity index (χ1) is 9.47. The third-order valence-corrected chi connectivity index (χ3v) is 4.59. The lowest BCUT2D eigenvalue weighted by Crippen LogP contribution is -2.28. The van der Waals surface area contributed by atoms with Crippen LogP contribution in [0.2, 0.25) is 0 Å². The van der Waals surface area contributed by atoms with E-state index in [1.165, 1.54) is 44.3 Å². The summed E-state index contributed by atoms with van der Waals surface area (Å²) in [5.74, 6) is 1.73. The molecule has 1 fully saturated rings. The Hall–Kier alpha value is -0.820. The van der Waals surface area contributed by atoms with Crippen LogP contribution in [0.5, 0.6) is 0 Å². The summed E-state index contributed by atoms with van der Waals surface area (Å²) in [6.07, 6.45) is 5.36. The van der Waals surface area contributed by atoms with Crippen molar-refractivity contribution in [1.29, 1.82) is 0 Å². The second-order valence-corrected chi connectivity index (χ2v) is 7.65. The van der Waals surface area contributed by atoms with Crippen molar-refractivity contribution in [2.75, 3.05) is 13.1 Å². The van der Waals surface area contributed by atoms with E-state index in [0.29, 0.717) is 0 Å². The Bertz CT molecular complexity index is 410. The molecule has 20 heavy (non-hydrogen) atoms. The van der Waals surface area contributed by atoms with Crippen LogP contribution >= 0.6 is 0 Å². The number of benzene rings is 1. The van der Waals surface area contributed by atoms with Gasteiger partial charge < -0.3 is 5.32 Å². The molecule has 0 aromatic heterocycles. The van der Waals surface area contributed by atoms with E-state index < -0.39 is 0 Å². The summed E-state index contributed by atoms with van der Waals surface area (Å²) in [7, 11) is 0. The van der Waals surface area contributed by atoms with Gasteiger partial charge in [-0.15, -0.1) is 0 Å². The van der Waals surface area contributed by atoms with Gasteiger partial charge in [-0.25, -0.2) is 0 Å². The molecule has 1 aromatic carbocycles. The predicted molar refractivity (Wildman–Crippen MR) is 88.2 cm³/mol. The molecular weight excluding hydrogens is 242 g/mol. The number of hydrogen-bond acceptors (Lipinski definition) is 1. The maximum Gasteiger partial charge on any atom is -0.00463 e. The molecule has 0 saturated carbocycles. The molecule has 1 aliphatic rings. The van der Waals surface area contributed by atoms with Gasteiger partial charge in [0.2, 0.25) is 0 Å². The van der Waals surface area contributed by atoms with Crippen molar-refractivity contribution in [2.24, 2.45) is 11.8 Å². The van der Waals surface area contributed by atoms with Crippen molar-refractivity contribution in [2.45, 2.75) is 58.8 Å². The minimum Gasteiger partial charge on any atom is -0.317 e. The highest BCUT2D eigenvalue weighted by Gasteiger charge is 2.20. The van der Waals surface area contributed by atoms with Crippen LogP contribution in [0.1, 0.15) is 58.1 Å². The summed E-state index contributed by atoms with van der Waals surface area (Å²) in [5.41, 5.74) is 3.34. The van der Waals surface area contributed by atoms with Gasteiger partial charge in [-0.3, -0.25) is 0 Å². The maximum absolute atomic E-state index is 3.47. The maximum atomic E-state index is 3.47. The lowest BCUT2D eigenvalue weighted by atomic mass is 9.79. The SMILES string of the molecule is CC(Cc1ccccc1C(C)(C)C)CC1CCNCC1. The van der Waals surface area contributed by atoms with Gasteiger partial charge in [0.25, 0.3) is 0 Å². The molecule has 1 heteroatoms. The summed E-state index contributed by atoms with van der Waals surface area (Å²) < 4.78 is 0. The number of rotatable bonds is 4. The standard InChI is InChI=1S/C19H31N/c1-15(13-16-9-11-20-12-10-16)14-17-7-5-6-8-18(17)19(2,3)4/h5-8,15-16,20H,9-14H2,1-4H3. The minimum absolute atomic E-state index is 0.255. The zero-order valence-corrected chi connectivity index (χ0v) is 13.7. The minimum atomic E-state index is 0.255. The Morgan fingerprint density at radius 2 is 1.80 bits per heavy atom. The van der Waals surface area contributed by atoms with E-state index in [9.17, 15) is 0 Å². The van der Waals surface area contributed by atoms with Gasteiger partial charge in [-0.2, -0.15) is 0 Å². The molecule has 1 heterocycles. The van der Waals surface area contributed by atoms with Crippen LogP contribution < -0.4 is 5.32 Å². The van der Waals surface area contributed by atoms with E-state index in [2.05, 4.69) is 57.3 Å². The quantitative estimate of drug-likeness (QED) is 0.848. The highest BCUT2D eigenvalue weighted by atomic mass is 14.9. The zero-order valence-electron chi connectivity index (χ0n) is 13.7. The van der Waals surface area contributed by atoms with Gasteiger partial charge in [0, 0.05) is 0 Å². The molecule has 2 rings (SSSR count). The summed E-state index contributed by atoms with van der Waals surface area (Å²) in [6.45, 7) is 11.8. The number of piperidine rings is 1. The summed E-state index contributed by atoms with van der Waals surface area (Å²) >= 11 is 0. The Labute approximate surface area is 125 Å². The third-order valence-electron chi connectivity index (χ3n) is 4.59. The van der Waals surface area contributed by atoms with Crippen LogP contribution in [0.15, 0.2) is 24.3 Å². The highest BCUT2D eigenvalue weighted by Crippen LogP contribution is 2.29. The predicted octanol–water partition coefficient (Wildman–Crippen LogP) is 4.55.